The Bertz CT molecular complexity index is 1060. The van der Waals surface area contributed by atoms with Gasteiger partial charge in [0.25, 0.3) is 0 Å². The monoisotopic (exact) mass is 547 g/mol. The molecule has 0 aliphatic carbocycles. The van der Waals surface area contributed by atoms with Gasteiger partial charge in [-0.05, 0) is 42.2 Å². The molecule has 1 saturated heterocycles. The number of aliphatic hydroxyl groups excluding tert-OH is 1. The van der Waals surface area contributed by atoms with Crippen LogP contribution in [0.3, 0.4) is 0 Å². The molecule has 1 aliphatic heterocycles. The summed E-state index contributed by atoms with van der Waals surface area (Å²) in [6, 6.07) is 14.6. The molecule has 0 aromatic heterocycles. The topological polar surface area (TPSA) is 131 Å². The Balaban J connectivity index is 0.00000456. The number of ether oxygens (including phenoxy) is 2. The van der Waals surface area contributed by atoms with Crippen molar-refractivity contribution in [2.45, 2.75) is 49.8 Å². The Morgan fingerprint density at radius 2 is 1.86 bits per heavy atom. The summed E-state index contributed by atoms with van der Waals surface area (Å²) in [5.74, 6) is 0.0126. The van der Waals surface area contributed by atoms with Gasteiger partial charge in [0.15, 0.2) is 0 Å². The summed E-state index contributed by atoms with van der Waals surface area (Å²) < 4.78 is 38.7. The molecule has 2 aromatic carbocycles. The van der Waals surface area contributed by atoms with Crippen molar-refractivity contribution in [2.24, 2.45) is 5.92 Å². The summed E-state index contributed by atoms with van der Waals surface area (Å²) >= 11 is 0. The van der Waals surface area contributed by atoms with Crippen LogP contribution in [-0.4, -0.2) is 106 Å². The van der Waals surface area contributed by atoms with Gasteiger partial charge in [0, 0.05) is 25.2 Å². The normalized spacial score (nSPS) is 17.4. The van der Waals surface area contributed by atoms with Gasteiger partial charge in [0.1, 0.15) is 6.10 Å². The van der Waals surface area contributed by atoms with Crippen LogP contribution in [0, 0.1) is 5.92 Å². The van der Waals surface area contributed by atoms with E-state index < -0.39 is 28.3 Å². The summed E-state index contributed by atoms with van der Waals surface area (Å²) in [6.45, 7) is 4.67. The number of alkyl carbamates (subject to hydrolysis) is 1. The Morgan fingerprint density at radius 1 is 1.19 bits per heavy atom. The number of benzene rings is 2. The molecule has 3 rings (SSSR count). The van der Waals surface area contributed by atoms with Crippen molar-refractivity contribution >= 4 is 59.5 Å². The maximum Gasteiger partial charge on any atom is 2.00 e. The molecule has 11 heteroatoms. The van der Waals surface area contributed by atoms with Crippen LogP contribution >= 0.6 is 0 Å². The number of aliphatic hydroxyl groups is 1. The van der Waals surface area contributed by atoms with E-state index in [0.717, 1.165) is 5.56 Å². The summed E-state index contributed by atoms with van der Waals surface area (Å²) in [5.41, 5.74) is 7.06. The number of anilines is 1. The standard InChI is InChI=1S/C25H35N3O6S.Ca.2H/c1-18(2)15-28(35(31,32)22-10-8-20(26)9-11-22)16-24(29)23(14-19-6-4-3-5-7-19)27-25(30)34-21-12-13-33-17-21;;;/h3-11,18,21,23-24,29H,12-17,26H2,1-2H3,(H,27,30);;;/q;+2;2*-1/t21-,23?,24?;;;/m0.../s1. The zero-order chi connectivity index (χ0) is 25.4. The number of nitrogens with two attached hydrogens (primary N) is 1. The van der Waals surface area contributed by atoms with E-state index in [1.54, 1.807) is 0 Å². The van der Waals surface area contributed by atoms with E-state index in [9.17, 15) is 18.3 Å². The first kappa shape index (κ1) is 30.8. The fraction of sp³-hybridized carbons (Fsp3) is 0.480. The molecule has 2 unspecified atom stereocenters. The number of hydrogen-bond acceptors (Lipinski definition) is 7. The third-order valence-electron chi connectivity index (χ3n) is 5.71. The number of rotatable bonds is 11. The maximum absolute atomic E-state index is 13.4. The van der Waals surface area contributed by atoms with E-state index in [-0.39, 0.29) is 70.6 Å². The second-order valence-electron chi connectivity index (χ2n) is 9.18. The van der Waals surface area contributed by atoms with Crippen LogP contribution < -0.4 is 11.1 Å². The fourth-order valence-electron chi connectivity index (χ4n) is 3.90. The van der Waals surface area contributed by atoms with Crippen molar-refractivity contribution < 1.29 is 30.6 Å². The number of nitrogens with zero attached hydrogens (tertiary/aromatic N) is 1. The van der Waals surface area contributed by atoms with Gasteiger partial charge in [-0.15, -0.1) is 0 Å². The van der Waals surface area contributed by atoms with Gasteiger partial charge in [0.2, 0.25) is 10.0 Å². The molecule has 196 valence electrons. The molecule has 2 aromatic rings. The smallest absolute Gasteiger partial charge is 1.00 e. The second-order valence-corrected chi connectivity index (χ2v) is 11.1. The average Bonchev–Trinajstić information content (AvgIpc) is 3.31. The second kappa shape index (κ2) is 14.5. The Morgan fingerprint density at radius 3 is 2.44 bits per heavy atom. The zero-order valence-electron chi connectivity index (χ0n) is 22.9. The number of carbonyl (C=O) groups is 1. The SMILES string of the molecule is CC(C)CN(CC(O)C(Cc1ccccc1)NC(=O)O[C@H]1CCOC1)S(=O)(=O)c1ccc(N)cc1.[Ca+2].[H-].[H-]. The van der Waals surface area contributed by atoms with Gasteiger partial charge < -0.3 is 28.5 Å². The predicted molar refractivity (Wildman–Crippen MR) is 141 cm³/mol. The predicted octanol–water partition coefficient (Wildman–Crippen LogP) is 2.25. The van der Waals surface area contributed by atoms with Crippen molar-refractivity contribution in [1.82, 2.24) is 9.62 Å². The number of nitrogen functional groups attached to an aromatic ring is 1. The van der Waals surface area contributed by atoms with E-state index in [1.165, 1.54) is 28.6 Å². The van der Waals surface area contributed by atoms with Crippen LogP contribution in [0.25, 0.3) is 0 Å². The third kappa shape index (κ3) is 9.16. The van der Waals surface area contributed by atoms with E-state index >= 15 is 0 Å². The number of sulfonamides is 1. The van der Waals surface area contributed by atoms with E-state index in [2.05, 4.69) is 5.32 Å². The molecular formula is C25H37CaN3O6S. The summed E-state index contributed by atoms with van der Waals surface area (Å²) in [7, 11) is -3.90. The Hall–Kier alpha value is -1.40. The minimum absolute atomic E-state index is 0. The summed E-state index contributed by atoms with van der Waals surface area (Å²) in [6.07, 6.45) is -1.29. The van der Waals surface area contributed by atoms with Crippen LogP contribution in [0.2, 0.25) is 0 Å². The molecule has 3 atom stereocenters. The number of nitrogens with one attached hydrogen (secondary N) is 1. The van der Waals surface area contributed by atoms with Crippen molar-refractivity contribution in [1.29, 1.82) is 0 Å². The zero-order valence-corrected chi connectivity index (χ0v) is 23.9. The van der Waals surface area contributed by atoms with Crippen LogP contribution in [-0.2, 0) is 25.9 Å². The molecule has 0 saturated carbocycles. The van der Waals surface area contributed by atoms with Crippen LogP contribution in [0.1, 0.15) is 28.7 Å². The fourth-order valence-corrected chi connectivity index (χ4v) is 5.52. The molecular weight excluding hydrogens is 510 g/mol. The molecule has 36 heavy (non-hydrogen) atoms. The minimum atomic E-state index is -3.90. The summed E-state index contributed by atoms with van der Waals surface area (Å²) in [5, 5.41) is 13.9. The van der Waals surface area contributed by atoms with E-state index in [4.69, 9.17) is 15.2 Å². The van der Waals surface area contributed by atoms with Crippen molar-refractivity contribution in [2.75, 3.05) is 32.0 Å². The van der Waals surface area contributed by atoms with Crippen LogP contribution in [0.15, 0.2) is 59.5 Å². The van der Waals surface area contributed by atoms with Gasteiger partial charge >= 0.3 is 43.8 Å². The number of carbonyl (C=O) groups excluding carboxylic acids is 1. The van der Waals surface area contributed by atoms with Crippen LogP contribution in [0.4, 0.5) is 10.5 Å². The first-order chi connectivity index (χ1) is 16.6. The van der Waals surface area contributed by atoms with Crippen molar-refractivity contribution in [3.63, 3.8) is 0 Å². The number of amides is 1. The Kier molecular flexibility index (Phi) is 12.4. The van der Waals surface area contributed by atoms with Gasteiger partial charge in [-0.2, -0.15) is 4.31 Å². The molecule has 1 amide bonds. The molecule has 1 aliphatic rings. The van der Waals surface area contributed by atoms with Gasteiger partial charge in [-0.1, -0.05) is 44.2 Å². The van der Waals surface area contributed by atoms with E-state index in [0.29, 0.717) is 31.7 Å². The van der Waals surface area contributed by atoms with Crippen molar-refractivity contribution in [3.05, 3.63) is 60.2 Å². The summed E-state index contributed by atoms with van der Waals surface area (Å²) in [4.78, 5) is 12.7. The molecule has 0 bridgehead atoms. The minimum Gasteiger partial charge on any atom is -1.00 e. The molecule has 0 spiro atoms. The Labute approximate surface area is 246 Å². The average molecular weight is 548 g/mol. The molecule has 9 nitrogen and oxygen atoms in total. The van der Waals surface area contributed by atoms with Gasteiger partial charge in [-0.25, -0.2) is 13.2 Å². The molecule has 1 heterocycles. The first-order valence-corrected chi connectivity index (χ1v) is 13.2. The largest absolute Gasteiger partial charge is 2.00 e. The van der Waals surface area contributed by atoms with Gasteiger partial charge in [-0.3, -0.25) is 0 Å². The van der Waals surface area contributed by atoms with Crippen molar-refractivity contribution in [3.8, 4) is 0 Å². The third-order valence-corrected chi connectivity index (χ3v) is 7.55. The first-order valence-electron chi connectivity index (χ1n) is 11.8. The molecule has 0 radical (unpaired) electrons. The molecule has 4 N–H and O–H groups in total. The van der Waals surface area contributed by atoms with E-state index in [1.807, 2.05) is 44.2 Å². The quantitative estimate of drug-likeness (QED) is 0.290. The maximum atomic E-state index is 13.4. The number of hydrogen-bond donors (Lipinski definition) is 3. The molecule has 1 fully saturated rings. The van der Waals surface area contributed by atoms with Crippen LogP contribution in [0.5, 0.6) is 0 Å². The van der Waals surface area contributed by atoms with Gasteiger partial charge in [0.05, 0.1) is 30.3 Å².